The summed E-state index contributed by atoms with van der Waals surface area (Å²) in [6.07, 6.45) is 0. The summed E-state index contributed by atoms with van der Waals surface area (Å²) in [6.45, 7) is 3.79. The molecule has 0 aliphatic heterocycles. The van der Waals surface area contributed by atoms with Crippen molar-refractivity contribution in [1.29, 1.82) is 0 Å². The minimum atomic E-state index is -0.365. The summed E-state index contributed by atoms with van der Waals surface area (Å²) in [5.41, 5.74) is 8.38. The van der Waals surface area contributed by atoms with E-state index in [2.05, 4.69) is 5.32 Å². The van der Waals surface area contributed by atoms with E-state index >= 15 is 0 Å². The number of halogens is 1. The van der Waals surface area contributed by atoms with Crippen LogP contribution in [0.25, 0.3) is 0 Å². The third kappa shape index (κ3) is 3.92. The molecule has 0 radical (unpaired) electrons. The van der Waals surface area contributed by atoms with Crippen molar-refractivity contribution in [3.8, 4) is 0 Å². The van der Waals surface area contributed by atoms with Gasteiger partial charge >= 0.3 is 0 Å². The second kappa shape index (κ2) is 7.18. The van der Waals surface area contributed by atoms with Crippen LogP contribution in [0.4, 0.5) is 4.39 Å². The van der Waals surface area contributed by atoms with Gasteiger partial charge < -0.3 is 11.1 Å². The molecular formula is C18H21FN2O. The molecule has 0 spiro atoms. The Morgan fingerprint density at radius 1 is 1.23 bits per heavy atom. The molecule has 0 bridgehead atoms. The molecule has 4 heteroatoms. The SMILES string of the molecule is Cc1ccc(CNC(=O)C(C)C(N)c2ccccc2)cc1F. The number of hydrogen-bond acceptors (Lipinski definition) is 2. The third-order valence-electron chi connectivity index (χ3n) is 3.84. The van der Waals surface area contributed by atoms with Crippen molar-refractivity contribution in [2.75, 3.05) is 0 Å². The van der Waals surface area contributed by atoms with Crippen molar-refractivity contribution >= 4 is 5.91 Å². The van der Waals surface area contributed by atoms with E-state index in [9.17, 15) is 9.18 Å². The zero-order valence-electron chi connectivity index (χ0n) is 12.8. The van der Waals surface area contributed by atoms with Crippen LogP contribution in [-0.4, -0.2) is 5.91 Å². The molecule has 1 amide bonds. The molecule has 22 heavy (non-hydrogen) atoms. The van der Waals surface area contributed by atoms with Gasteiger partial charge in [-0.3, -0.25) is 4.79 Å². The highest BCUT2D eigenvalue weighted by Crippen LogP contribution is 2.19. The van der Waals surface area contributed by atoms with Crippen LogP contribution in [0.3, 0.4) is 0 Å². The van der Waals surface area contributed by atoms with E-state index in [0.717, 1.165) is 11.1 Å². The first-order valence-corrected chi connectivity index (χ1v) is 7.32. The topological polar surface area (TPSA) is 55.1 Å². The third-order valence-corrected chi connectivity index (χ3v) is 3.84. The Morgan fingerprint density at radius 2 is 1.91 bits per heavy atom. The molecule has 0 fully saturated rings. The number of nitrogens with one attached hydrogen (secondary N) is 1. The maximum atomic E-state index is 13.5. The van der Waals surface area contributed by atoms with Crippen LogP contribution in [0.1, 0.15) is 29.7 Å². The van der Waals surface area contributed by atoms with Gasteiger partial charge in [-0.2, -0.15) is 0 Å². The predicted octanol–water partition coefficient (Wildman–Crippen LogP) is 3.09. The van der Waals surface area contributed by atoms with Crippen molar-refractivity contribution in [3.05, 3.63) is 71.0 Å². The van der Waals surface area contributed by atoms with Crippen molar-refractivity contribution in [3.63, 3.8) is 0 Å². The minimum Gasteiger partial charge on any atom is -0.352 e. The van der Waals surface area contributed by atoms with Gasteiger partial charge in [0, 0.05) is 12.6 Å². The lowest BCUT2D eigenvalue weighted by Gasteiger charge is -2.20. The van der Waals surface area contributed by atoms with E-state index in [0.29, 0.717) is 12.1 Å². The van der Waals surface area contributed by atoms with Gasteiger partial charge in [-0.05, 0) is 29.7 Å². The highest BCUT2D eigenvalue weighted by Gasteiger charge is 2.21. The Morgan fingerprint density at radius 3 is 2.55 bits per heavy atom. The molecule has 2 unspecified atom stereocenters. The standard InChI is InChI=1S/C18H21FN2O/c1-12-8-9-14(10-16(12)19)11-21-18(22)13(2)17(20)15-6-4-3-5-7-15/h3-10,13,17H,11,20H2,1-2H3,(H,21,22). The van der Waals surface area contributed by atoms with E-state index in [1.807, 2.05) is 30.3 Å². The highest BCUT2D eigenvalue weighted by atomic mass is 19.1. The fraction of sp³-hybridized carbons (Fsp3) is 0.278. The Hall–Kier alpha value is -2.20. The summed E-state index contributed by atoms with van der Waals surface area (Å²) >= 11 is 0. The summed E-state index contributed by atoms with van der Waals surface area (Å²) < 4.78 is 13.5. The zero-order valence-corrected chi connectivity index (χ0v) is 12.8. The van der Waals surface area contributed by atoms with Gasteiger partial charge in [0.15, 0.2) is 0 Å². The molecule has 3 N–H and O–H groups in total. The van der Waals surface area contributed by atoms with Crippen molar-refractivity contribution in [1.82, 2.24) is 5.32 Å². The van der Waals surface area contributed by atoms with Crippen LogP contribution in [0.2, 0.25) is 0 Å². The number of amides is 1. The number of rotatable bonds is 5. The number of aryl methyl sites for hydroxylation is 1. The summed E-state index contributed by atoms with van der Waals surface area (Å²) in [5, 5.41) is 2.81. The zero-order chi connectivity index (χ0) is 16.1. The Balaban J connectivity index is 1.95. The van der Waals surface area contributed by atoms with E-state index in [1.54, 1.807) is 26.0 Å². The molecule has 2 atom stereocenters. The first-order chi connectivity index (χ1) is 10.5. The van der Waals surface area contributed by atoms with Crippen molar-refractivity contribution in [2.24, 2.45) is 11.7 Å². The van der Waals surface area contributed by atoms with Crippen LogP contribution in [0, 0.1) is 18.7 Å². The van der Waals surface area contributed by atoms with Gasteiger partial charge in [0.25, 0.3) is 0 Å². The van der Waals surface area contributed by atoms with Gasteiger partial charge in [0.05, 0.1) is 5.92 Å². The molecule has 0 saturated heterocycles. The molecule has 3 nitrogen and oxygen atoms in total. The van der Waals surface area contributed by atoms with Crippen LogP contribution in [-0.2, 0) is 11.3 Å². The summed E-state index contributed by atoms with van der Waals surface area (Å²) in [7, 11) is 0. The van der Waals surface area contributed by atoms with E-state index in [1.165, 1.54) is 6.07 Å². The second-order valence-corrected chi connectivity index (χ2v) is 5.53. The number of nitrogens with two attached hydrogens (primary N) is 1. The lowest BCUT2D eigenvalue weighted by Crippen LogP contribution is -2.35. The molecule has 0 heterocycles. The molecule has 116 valence electrons. The van der Waals surface area contributed by atoms with Crippen LogP contribution in [0.15, 0.2) is 48.5 Å². The molecule has 0 saturated carbocycles. The van der Waals surface area contributed by atoms with Crippen LogP contribution < -0.4 is 11.1 Å². The molecule has 0 aromatic heterocycles. The van der Waals surface area contributed by atoms with Gasteiger partial charge in [0.2, 0.25) is 5.91 Å². The number of carbonyl (C=O) groups excluding carboxylic acids is 1. The molecule has 2 aromatic carbocycles. The fourth-order valence-electron chi connectivity index (χ4n) is 2.22. The smallest absolute Gasteiger partial charge is 0.225 e. The second-order valence-electron chi connectivity index (χ2n) is 5.53. The van der Waals surface area contributed by atoms with E-state index < -0.39 is 0 Å². The Labute approximate surface area is 130 Å². The highest BCUT2D eigenvalue weighted by molar-refractivity contribution is 5.79. The number of hydrogen-bond donors (Lipinski definition) is 2. The quantitative estimate of drug-likeness (QED) is 0.891. The monoisotopic (exact) mass is 300 g/mol. The van der Waals surface area contributed by atoms with Crippen molar-refractivity contribution in [2.45, 2.75) is 26.4 Å². The number of carbonyl (C=O) groups is 1. The molecule has 0 aliphatic carbocycles. The normalized spacial score (nSPS) is 13.5. The largest absolute Gasteiger partial charge is 0.352 e. The number of benzene rings is 2. The Bertz CT molecular complexity index is 643. The van der Waals surface area contributed by atoms with Crippen LogP contribution >= 0.6 is 0 Å². The lowest BCUT2D eigenvalue weighted by atomic mass is 9.94. The van der Waals surface area contributed by atoms with Gasteiger partial charge in [-0.25, -0.2) is 4.39 Å². The van der Waals surface area contributed by atoms with E-state index in [4.69, 9.17) is 5.73 Å². The predicted molar refractivity (Wildman–Crippen MR) is 85.5 cm³/mol. The maximum absolute atomic E-state index is 13.5. The van der Waals surface area contributed by atoms with Gasteiger partial charge in [-0.15, -0.1) is 0 Å². The van der Waals surface area contributed by atoms with Gasteiger partial charge in [-0.1, -0.05) is 49.4 Å². The minimum absolute atomic E-state index is 0.141. The molecular weight excluding hydrogens is 279 g/mol. The summed E-state index contributed by atoms with van der Waals surface area (Å²) in [5.74, 6) is -0.768. The Kier molecular flexibility index (Phi) is 5.28. The summed E-state index contributed by atoms with van der Waals surface area (Å²) in [4.78, 5) is 12.2. The average Bonchev–Trinajstić information content (AvgIpc) is 2.55. The molecule has 2 rings (SSSR count). The van der Waals surface area contributed by atoms with Gasteiger partial charge in [0.1, 0.15) is 5.82 Å². The first-order valence-electron chi connectivity index (χ1n) is 7.32. The van der Waals surface area contributed by atoms with Crippen molar-refractivity contribution < 1.29 is 9.18 Å². The average molecular weight is 300 g/mol. The molecule has 0 aliphatic rings. The first kappa shape index (κ1) is 16.2. The van der Waals surface area contributed by atoms with E-state index in [-0.39, 0.29) is 23.7 Å². The molecule has 2 aromatic rings. The summed E-state index contributed by atoms with van der Waals surface area (Å²) in [6, 6.07) is 14.1. The fourth-order valence-corrected chi connectivity index (χ4v) is 2.22. The lowest BCUT2D eigenvalue weighted by molar-refractivity contribution is -0.125. The maximum Gasteiger partial charge on any atom is 0.225 e. The van der Waals surface area contributed by atoms with Crippen LogP contribution in [0.5, 0.6) is 0 Å².